The average Bonchev–Trinajstić information content (AvgIpc) is 2.96. The summed E-state index contributed by atoms with van der Waals surface area (Å²) in [5, 5.41) is 15.0. The third kappa shape index (κ3) is 4.83. The second-order valence-electron chi connectivity index (χ2n) is 7.42. The number of hydrogen-bond acceptors (Lipinski definition) is 5. The number of imide groups is 1. The van der Waals surface area contributed by atoms with Crippen molar-refractivity contribution < 1.29 is 24.3 Å². The zero-order chi connectivity index (χ0) is 21.8. The summed E-state index contributed by atoms with van der Waals surface area (Å²) in [5.41, 5.74) is 1.72. The first kappa shape index (κ1) is 21.0. The normalized spacial score (nSPS) is 16.1. The van der Waals surface area contributed by atoms with Gasteiger partial charge in [-0.1, -0.05) is 18.2 Å². The molecule has 8 heteroatoms. The van der Waals surface area contributed by atoms with Crippen LogP contribution in [0.5, 0.6) is 0 Å². The van der Waals surface area contributed by atoms with Gasteiger partial charge in [0.1, 0.15) is 6.04 Å². The molecule has 3 amide bonds. The first-order valence-electron chi connectivity index (χ1n) is 9.59. The van der Waals surface area contributed by atoms with Gasteiger partial charge in [-0.3, -0.25) is 14.4 Å². The highest BCUT2D eigenvalue weighted by Crippen LogP contribution is 2.26. The fourth-order valence-corrected chi connectivity index (χ4v) is 3.27. The lowest BCUT2D eigenvalue weighted by atomic mass is 10.1. The van der Waals surface area contributed by atoms with Gasteiger partial charge in [-0.25, -0.2) is 9.69 Å². The van der Waals surface area contributed by atoms with Crippen LogP contribution >= 0.6 is 0 Å². The summed E-state index contributed by atoms with van der Waals surface area (Å²) in [7, 11) is 0. The third-order valence-corrected chi connectivity index (χ3v) is 4.61. The van der Waals surface area contributed by atoms with E-state index in [0.717, 1.165) is 10.5 Å². The number of anilines is 2. The summed E-state index contributed by atoms with van der Waals surface area (Å²) in [6.45, 7) is 3.79. The van der Waals surface area contributed by atoms with Crippen molar-refractivity contribution in [2.24, 2.45) is 0 Å². The van der Waals surface area contributed by atoms with Crippen LogP contribution in [-0.2, 0) is 20.8 Å². The van der Waals surface area contributed by atoms with E-state index in [4.69, 9.17) is 5.11 Å². The van der Waals surface area contributed by atoms with Gasteiger partial charge < -0.3 is 15.7 Å². The predicted molar refractivity (Wildman–Crippen MR) is 111 cm³/mol. The zero-order valence-corrected chi connectivity index (χ0v) is 16.7. The number of carbonyl (C=O) groups is 4. The lowest BCUT2D eigenvalue weighted by Gasteiger charge is -2.16. The van der Waals surface area contributed by atoms with Gasteiger partial charge in [0.05, 0.1) is 24.1 Å². The van der Waals surface area contributed by atoms with E-state index in [0.29, 0.717) is 5.69 Å². The molecule has 1 aliphatic rings. The molecule has 3 N–H and O–H groups in total. The molecule has 0 aromatic heterocycles. The molecule has 1 aliphatic heterocycles. The molecule has 3 rings (SSSR count). The van der Waals surface area contributed by atoms with Crippen molar-refractivity contribution in [1.82, 2.24) is 5.32 Å². The molecule has 1 atom stereocenters. The second-order valence-corrected chi connectivity index (χ2v) is 7.42. The average molecular weight is 409 g/mol. The molecule has 0 spiro atoms. The highest BCUT2D eigenvalue weighted by molar-refractivity contribution is 6.23. The van der Waals surface area contributed by atoms with E-state index in [-0.39, 0.29) is 36.0 Å². The Kier molecular flexibility index (Phi) is 6.15. The van der Waals surface area contributed by atoms with Crippen molar-refractivity contribution in [3.8, 4) is 0 Å². The van der Waals surface area contributed by atoms with E-state index < -0.39 is 23.8 Å². The monoisotopic (exact) mass is 409 g/mol. The zero-order valence-electron chi connectivity index (χ0n) is 16.7. The molecule has 2 aromatic rings. The highest BCUT2D eigenvalue weighted by atomic mass is 16.4. The fraction of sp³-hybridized carbons (Fsp3) is 0.273. The number of hydrogen-bond donors (Lipinski definition) is 3. The minimum Gasteiger partial charge on any atom is -0.478 e. The Labute approximate surface area is 173 Å². The number of carboxylic acid groups (broad SMARTS) is 1. The number of benzene rings is 2. The van der Waals surface area contributed by atoms with Gasteiger partial charge >= 0.3 is 5.97 Å². The lowest BCUT2D eigenvalue weighted by molar-refractivity contribution is -0.122. The van der Waals surface area contributed by atoms with Crippen molar-refractivity contribution in [3.63, 3.8) is 0 Å². The molecule has 0 unspecified atom stereocenters. The molecular weight excluding hydrogens is 386 g/mol. The van der Waals surface area contributed by atoms with Crippen molar-refractivity contribution >= 4 is 35.1 Å². The van der Waals surface area contributed by atoms with Crippen LogP contribution in [0.25, 0.3) is 0 Å². The number of aromatic carboxylic acids is 1. The standard InChI is InChI=1S/C22H23N3O5/c1-13(2)23-19(26)10-14-6-8-16(9-7-14)24-18-12-20(27)25(21(18)28)17-5-3-4-15(11-17)22(29)30/h3-9,11,13,18,24H,10,12H2,1-2H3,(H,23,26)(H,29,30)/t18-/m1/s1. The SMILES string of the molecule is CC(C)NC(=O)Cc1ccc(N[C@@H]2CC(=O)N(c3cccc(C(=O)O)c3)C2=O)cc1. The Hall–Kier alpha value is -3.68. The van der Waals surface area contributed by atoms with Crippen LogP contribution in [-0.4, -0.2) is 40.9 Å². The van der Waals surface area contributed by atoms with Gasteiger partial charge in [0, 0.05) is 11.7 Å². The molecule has 1 saturated heterocycles. The molecule has 8 nitrogen and oxygen atoms in total. The molecule has 0 aliphatic carbocycles. The first-order chi connectivity index (χ1) is 14.2. The molecule has 0 bridgehead atoms. The van der Waals surface area contributed by atoms with E-state index in [1.165, 1.54) is 24.3 Å². The van der Waals surface area contributed by atoms with Crippen LogP contribution in [0.15, 0.2) is 48.5 Å². The Bertz CT molecular complexity index is 985. The third-order valence-electron chi connectivity index (χ3n) is 4.61. The maximum Gasteiger partial charge on any atom is 0.335 e. The number of carboxylic acids is 1. The Morgan fingerprint density at radius 2 is 1.83 bits per heavy atom. The van der Waals surface area contributed by atoms with Crippen LogP contribution < -0.4 is 15.5 Å². The fourth-order valence-electron chi connectivity index (χ4n) is 3.27. The van der Waals surface area contributed by atoms with Gasteiger partial charge in [0.15, 0.2) is 0 Å². The highest BCUT2D eigenvalue weighted by Gasteiger charge is 2.39. The Balaban J connectivity index is 1.67. The topological polar surface area (TPSA) is 116 Å². The molecular formula is C22H23N3O5. The maximum atomic E-state index is 12.8. The van der Waals surface area contributed by atoms with E-state index in [9.17, 15) is 19.2 Å². The summed E-state index contributed by atoms with van der Waals surface area (Å²) in [4.78, 5) is 49.2. The smallest absolute Gasteiger partial charge is 0.335 e. The van der Waals surface area contributed by atoms with Gasteiger partial charge in [-0.2, -0.15) is 0 Å². The number of nitrogens with one attached hydrogen (secondary N) is 2. The Morgan fingerprint density at radius 1 is 1.13 bits per heavy atom. The maximum absolute atomic E-state index is 12.8. The Morgan fingerprint density at radius 3 is 2.47 bits per heavy atom. The summed E-state index contributed by atoms with van der Waals surface area (Å²) in [6, 6.07) is 12.1. The van der Waals surface area contributed by atoms with Gasteiger partial charge in [0.2, 0.25) is 11.8 Å². The van der Waals surface area contributed by atoms with E-state index in [1.54, 1.807) is 24.3 Å². The van der Waals surface area contributed by atoms with Gasteiger partial charge in [-0.15, -0.1) is 0 Å². The predicted octanol–water partition coefficient (Wildman–Crippen LogP) is 2.20. The largest absolute Gasteiger partial charge is 0.478 e. The number of amides is 3. The van der Waals surface area contributed by atoms with E-state index in [1.807, 2.05) is 13.8 Å². The number of rotatable bonds is 7. The molecule has 1 fully saturated rings. The molecule has 1 heterocycles. The number of nitrogens with zero attached hydrogens (tertiary/aromatic N) is 1. The molecule has 30 heavy (non-hydrogen) atoms. The molecule has 0 radical (unpaired) electrons. The van der Waals surface area contributed by atoms with Crippen molar-refractivity contribution in [1.29, 1.82) is 0 Å². The van der Waals surface area contributed by atoms with Crippen LogP contribution in [0.4, 0.5) is 11.4 Å². The first-order valence-corrected chi connectivity index (χ1v) is 9.59. The van der Waals surface area contributed by atoms with Crippen LogP contribution in [0.2, 0.25) is 0 Å². The van der Waals surface area contributed by atoms with Crippen LogP contribution in [0.1, 0.15) is 36.2 Å². The van der Waals surface area contributed by atoms with E-state index in [2.05, 4.69) is 10.6 Å². The number of carbonyl (C=O) groups excluding carboxylic acids is 3. The second kappa shape index (κ2) is 8.77. The van der Waals surface area contributed by atoms with Crippen LogP contribution in [0, 0.1) is 0 Å². The van der Waals surface area contributed by atoms with Crippen molar-refractivity contribution in [2.75, 3.05) is 10.2 Å². The lowest BCUT2D eigenvalue weighted by Crippen LogP contribution is -2.34. The summed E-state index contributed by atoms with van der Waals surface area (Å²) in [5.74, 6) is -2.04. The minimum atomic E-state index is -1.13. The summed E-state index contributed by atoms with van der Waals surface area (Å²) < 4.78 is 0. The van der Waals surface area contributed by atoms with Crippen LogP contribution in [0.3, 0.4) is 0 Å². The summed E-state index contributed by atoms with van der Waals surface area (Å²) >= 11 is 0. The van der Waals surface area contributed by atoms with Crippen molar-refractivity contribution in [3.05, 3.63) is 59.7 Å². The summed E-state index contributed by atoms with van der Waals surface area (Å²) in [6.07, 6.45) is 0.224. The minimum absolute atomic E-state index is 0.00148. The molecule has 156 valence electrons. The van der Waals surface area contributed by atoms with Gasteiger partial charge in [0.25, 0.3) is 5.91 Å². The van der Waals surface area contributed by atoms with E-state index >= 15 is 0 Å². The van der Waals surface area contributed by atoms with Crippen molar-refractivity contribution in [2.45, 2.75) is 38.8 Å². The van der Waals surface area contributed by atoms with Gasteiger partial charge in [-0.05, 0) is 49.7 Å². The molecule has 0 saturated carbocycles. The molecule has 2 aromatic carbocycles. The quantitative estimate of drug-likeness (QED) is 0.604.